The predicted molar refractivity (Wildman–Crippen MR) is 77.0 cm³/mol. The first-order valence-corrected chi connectivity index (χ1v) is 7.68. The van der Waals surface area contributed by atoms with Gasteiger partial charge in [0.1, 0.15) is 5.82 Å². The summed E-state index contributed by atoms with van der Waals surface area (Å²) in [6.45, 7) is 0.270. The second kappa shape index (κ2) is 6.02. The van der Waals surface area contributed by atoms with Gasteiger partial charge in [-0.25, -0.2) is 12.8 Å². The summed E-state index contributed by atoms with van der Waals surface area (Å²) in [6.07, 6.45) is 0. The van der Waals surface area contributed by atoms with Crippen LogP contribution in [0.5, 0.6) is 0 Å². The minimum atomic E-state index is -3.61. The van der Waals surface area contributed by atoms with Crippen LogP contribution in [0.15, 0.2) is 48.5 Å². The minimum Gasteiger partial charge on any atom is -0.326 e. The molecule has 2 aromatic rings. The minimum absolute atomic E-state index is 0.198. The number of anilines is 1. The van der Waals surface area contributed by atoms with Crippen molar-refractivity contribution in [2.75, 3.05) is 4.72 Å². The highest BCUT2D eigenvalue weighted by molar-refractivity contribution is 7.91. The lowest BCUT2D eigenvalue weighted by Gasteiger charge is -2.10. The van der Waals surface area contributed by atoms with Gasteiger partial charge in [-0.1, -0.05) is 30.3 Å². The summed E-state index contributed by atoms with van der Waals surface area (Å²) in [5.41, 5.74) is 7.19. The van der Waals surface area contributed by atoms with E-state index < -0.39 is 15.8 Å². The molecule has 0 saturated heterocycles. The zero-order chi connectivity index (χ0) is 14.6. The summed E-state index contributed by atoms with van der Waals surface area (Å²) in [7, 11) is -3.61. The lowest BCUT2D eigenvalue weighted by molar-refractivity contribution is 0.600. The van der Waals surface area contributed by atoms with E-state index in [1.54, 1.807) is 24.3 Å². The molecule has 2 rings (SSSR count). The Morgan fingerprint density at radius 1 is 1.05 bits per heavy atom. The molecule has 106 valence electrons. The normalized spacial score (nSPS) is 11.3. The molecular weight excluding hydrogens is 279 g/mol. The maximum Gasteiger partial charge on any atom is 0.236 e. The number of rotatable bonds is 5. The van der Waals surface area contributed by atoms with Gasteiger partial charge < -0.3 is 5.73 Å². The molecule has 0 fully saturated rings. The molecule has 3 N–H and O–H groups in total. The smallest absolute Gasteiger partial charge is 0.236 e. The van der Waals surface area contributed by atoms with Gasteiger partial charge in [-0.3, -0.25) is 4.72 Å². The molecule has 4 nitrogen and oxygen atoms in total. The SMILES string of the molecule is NCc1ccccc1CS(=O)(=O)Nc1cccc(F)c1. The van der Waals surface area contributed by atoms with E-state index in [0.717, 1.165) is 11.6 Å². The number of nitrogens with one attached hydrogen (secondary N) is 1. The summed E-state index contributed by atoms with van der Waals surface area (Å²) < 4.78 is 39.5. The van der Waals surface area contributed by atoms with Crippen LogP contribution >= 0.6 is 0 Å². The van der Waals surface area contributed by atoms with E-state index in [0.29, 0.717) is 5.56 Å². The van der Waals surface area contributed by atoms with Crippen molar-refractivity contribution in [3.8, 4) is 0 Å². The van der Waals surface area contributed by atoms with Crippen molar-refractivity contribution in [3.05, 3.63) is 65.5 Å². The molecule has 0 unspecified atom stereocenters. The van der Waals surface area contributed by atoms with Gasteiger partial charge in [-0.15, -0.1) is 0 Å². The van der Waals surface area contributed by atoms with Crippen molar-refractivity contribution in [2.24, 2.45) is 5.73 Å². The molecule has 0 atom stereocenters. The topological polar surface area (TPSA) is 72.2 Å². The van der Waals surface area contributed by atoms with Crippen LogP contribution in [-0.4, -0.2) is 8.42 Å². The van der Waals surface area contributed by atoms with Crippen LogP contribution in [0.1, 0.15) is 11.1 Å². The highest BCUT2D eigenvalue weighted by Gasteiger charge is 2.14. The standard InChI is InChI=1S/C14H15FN2O2S/c15-13-6-3-7-14(8-13)17-20(18,19)10-12-5-2-1-4-11(12)9-16/h1-8,17H,9-10,16H2. The van der Waals surface area contributed by atoms with Gasteiger partial charge in [0.05, 0.1) is 11.4 Å². The van der Waals surface area contributed by atoms with E-state index in [-0.39, 0.29) is 18.0 Å². The van der Waals surface area contributed by atoms with Crippen molar-refractivity contribution < 1.29 is 12.8 Å². The maximum absolute atomic E-state index is 13.0. The Morgan fingerprint density at radius 3 is 2.40 bits per heavy atom. The van der Waals surface area contributed by atoms with Gasteiger partial charge in [0.15, 0.2) is 0 Å². The fourth-order valence-electron chi connectivity index (χ4n) is 1.87. The van der Waals surface area contributed by atoms with E-state index in [1.165, 1.54) is 18.2 Å². The second-order valence-electron chi connectivity index (χ2n) is 4.34. The molecule has 0 aliphatic rings. The van der Waals surface area contributed by atoms with Crippen molar-refractivity contribution in [2.45, 2.75) is 12.3 Å². The third-order valence-corrected chi connectivity index (χ3v) is 4.02. The van der Waals surface area contributed by atoms with Gasteiger partial charge in [0.25, 0.3) is 0 Å². The Morgan fingerprint density at radius 2 is 1.75 bits per heavy atom. The number of halogens is 1. The lowest BCUT2D eigenvalue weighted by atomic mass is 10.1. The van der Waals surface area contributed by atoms with E-state index in [9.17, 15) is 12.8 Å². The zero-order valence-electron chi connectivity index (χ0n) is 10.7. The molecule has 0 aliphatic carbocycles. The average molecular weight is 294 g/mol. The zero-order valence-corrected chi connectivity index (χ0v) is 11.5. The van der Waals surface area contributed by atoms with Crippen LogP contribution in [0.3, 0.4) is 0 Å². The summed E-state index contributed by atoms with van der Waals surface area (Å²) >= 11 is 0. The quantitative estimate of drug-likeness (QED) is 0.888. The molecule has 0 saturated carbocycles. The first-order valence-electron chi connectivity index (χ1n) is 6.03. The molecule has 0 aliphatic heterocycles. The highest BCUT2D eigenvalue weighted by atomic mass is 32.2. The van der Waals surface area contributed by atoms with E-state index in [2.05, 4.69) is 4.72 Å². The Hall–Kier alpha value is -1.92. The van der Waals surface area contributed by atoms with E-state index in [1.807, 2.05) is 0 Å². The molecule has 0 bridgehead atoms. The third kappa shape index (κ3) is 3.79. The number of sulfonamides is 1. The van der Waals surface area contributed by atoms with Gasteiger partial charge in [0, 0.05) is 6.54 Å². The van der Waals surface area contributed by atoms with Crippen molar-refractivity contribution >= 4 is 15.7 Å². The van der Waals surface area contributed by atoms with E-state index in [4.69, 9.17) is 5.73 Å². The van der Waals surface area contributed by atoms with Crippen molar-refractivity contribution in [1.82, 2.24) is 0 Å². The Bertz CT molecular complexity index is 702. The number of hydrogen-bond donors (Lipinski definition) is 2. The first kappa shape index (κ1) is 14.5. The fourth-order valence-corrected chi connectivity index (χ4v) is 3.12. The summed E-state index contributed by atoms with van der Waals surface area (Å²) in [4.78, 5) is 0. The van der Waals surface area contributed by atoms with Crippen LogP contribution in [0.25, 0.3) is 0 Å². The highest BCUT2D eigenvalue weighted by Crippen LogP contribution is 2.16. The maximum atomic E-state index is 13.0. The molecule has 2 aromatic carbocycles. The average Bonchev–Trinajstić information content (AvgIpc) is 2.38. The third-order valence-electron chi connectivity index (χ3n) is 2.78. The second-order valence-corrected chi connectivity index (χ2v) is 6.07. The Labute approximate surface area is 117 Å². The van der Waals surface area contributed by atoms with Gasteiger partial charge in [-0.2, -0.15) is 0 Å². The summed E-state index contributed by atoms with van der Waals surface area (Å²) in [5.74, 6) is -0.691. The van der Waals surface area contributed by atoms with Crippen LogP contribution < -0.4 is 10.5 Å². The molecule has 20 heavy (non-hydrogen) atoms. The van der Waals surface area contributed by atoms with Gasteiger partial charge >= 0.3 is 0 Å². The van der Waals surface area contributed by atoms with Crippen molar-refractivity contribution in [3.63, 3.8) is 0 Å². The molecule has 0 amide bonds. The largest absolute Gasteiger partial charge is 0.326 e. The number of nitrogens with two attached hydrogens (primary N) is 1. The van der Waals surface area contributed by atoms with Crippen LogP contribution in [-0.2, 0) is 22.3 Å². The first-order chi connectivity index (χ1) is 9.50. The van der Waals surface area contributed by atoms with Crippen LogP contribution in [0, 0.1) is 5.82 Å². The molecule has 0 heterocycles. The molecule has 6 heteroatoms. The Kier molecular flexibility index (Phi) is 4.36. The monoisotopic (exact) mass is 294 g/mol. The number of benzene rings is 2. The molecule has 0 spiro atoms. The molecule has 0 aromatic heterocycles. The summed E-state index contributed by atoms with van der Waals surface area (Å²) in [5, 5.41) is 0. The Balaban J connectivity index is 2.19. The van der Waals surface area contributed by atoms with Gasteiger partial charge in [-0.05, 0) is 29.3 Å². The summed E-state index contributed by atoms with van der Waals surface area (Å²) in [6, 6.07) is 12.4. The number of hydrogen-bond acceptors (Lipinski definition) is 3. The predicted octanol–water partition coefficient (Wildman–Crippen LogP) is 2.23. The molecular formula is C14H15FN2O2S. The fraction of sp³-hybridized carbons (Fsp3) is 0.143. The molecule has 0 radical (unpaired) electrons. The van der Waals surface area contributed by atoms with E-state index >= 15 is 0 Å². The van der Waals surface area contributed by atoms with Crippen LogP contribution in [0.2, 0.25) is 0 Å². The van der Waals surface area contributed by atoms with Gasteiger partial charge in [0.2, 0.25) is 10.0 Å². The lowest BCUT2D eigenvalue weighted by Crippen LogP contribution is -2.16. The van der Waals surface area contributed by atoms with Crippen LogP contribution in [0.4, 0.5) is 10.1 Å². The van der Waals surface area contributed by atoms with Crippen molar-refractivity contribution in [1.29, 1.82) is 0 Å².